The third-order valence-electron chi connectivity index (χ3n) is 3.88. The summed E-state index contributed by atoms with van der Waals surface area (Å²) < 4.78 is 0. The maximum absolute atomic E-state index is 12.5. The number of nitrogens with one attached hydrogen (secondary N) is 1. The monoisotopic (exact) mass is 269 g/mol. The van der Waals surface area contributed by atoms with Crippen molar-refractivity contribution in [1.29, 1.82) is 0 Å². The summed E-state index contributed by atoms with van der Waals surface area (Å²) in [7, 11) is 0. The zero-order valence-electron chi connectivity index (χ0n) is 11.5. The van der Waals surface area contributed by atoms with Crippen molar-refractivity contribution >= 4 is 5.91 Å². The molecule has 0 bridgehead atoms. The smallest absolute Gasteiger partial charge is 0.230 e. The van der Waals surface area contributed by atoms with Crippen molar-refractivity contribution in [3.63, 3.8) is 0 Å². The highest BCUT2D eigenvalue weighted by molar-refractivity contribution is 5.78. The molecule has 1 aliphatic heterocycles. The number of carbonyl (C=O) groups excluding carboxylic acids is 1. The number of rotatable bonds is 3. The molecule has 1 unspecified atom stereocenters. The lowest BCUT2D eigenvalue weighted by Crippen LogP contribution is -2.39. The van der Waals surface area contributed by atoms with Crippen molar-refractivity contribution < 1.29 is 4.79 Å². The van der Waals surface area contributed by atoms with Crippen LogP contribution in [0.1, 0.15) is 36.7 Å². The number of hydrogen-bond acceptors (Lipinski definition) is 2. The molecule has 1 aromatic carbocycles. The number of H-pyrrole nitrogens is 1. The molecule has 1 saturated heterocycles. The van der Waals surface area contributed by atoms with Crippen molar-refractivity contribution in [1.82, 2.24) is 14.9 Å². The zero-order valence-corrected chi connectivity index (χ0v) is 11.5. The Morgan fingerprint density at radius 2 is 2.15 bits per heavy atom. The van der Waals surface area contributed by atoms with Crippen LogP contribution in [0.25, 0.3) is 0 Å². The fraction of sp³-hybridized carbons (Fsp3) is 0.375. The average Bonchev–Trinajstić information content (AvgIpc) is 3.01. The van der Waals surface area contributed by atoms with E-state index in [1.807, 2.05) is 23.1 Å². The zero-order chi connectivity index (χ0) is 13.8. The van der Waals surface area contributed by atoms with Crippen LogP contribution in [-0.4, -0.2) is 27.3 Å². The summed E-state index contributed by atoms with van der Waals surface area (Å²) in [5.74, 6) is 0.904. The van der Waals surface area contributed by atoms with Crippen LogP contribution in [0.15, 0.2) is 42.7 Å². The Labute approximate surface area is 118 Å². The number of aromatic amines is 1. The number of likely N-dealkylation sites (tertiary alicyclic amines) is 1. The number of nitrogens with zero attached hydrogens (tertiary/aromatic N) is 2. The Bertz CT molecular complexity index is 550. The van der Waals surface area contributed by atoms with Gasteiger partial charge in [0.25, 0.3) is 0 Å². The predicted octanol–water partition coefficient (Wildman–Crippen LogP) is 2.71. The van der Waals surface area contributed by atoms with Crippen molar-refractivity contribution in [2.24, 2.45) is 0 Å². The van der Waals surface area contributed by atoms with Crippen LogP contribution in [-0.2, 0) is 11.2 Å². The van der Waals surface area contributed by atoms with Gasteiger partial charge in [0.05, 0.1) is 12.5 Å². The number of imidazole rings is 1. The molecular formula is C16H19N3O. The quantitative estimate of drug-likeness (QED) is 0.931. The largest absolute Gasteiger partial charge is 0.348 e. The highest BCUT2D eigenvalue weighted by Gasteiger charge is 2.27. The number of amides is 1. The molecule has 1 fully saturated rings. The Morgan fingerprint density at radius 1 is 1.30 bits per heavy atom. The lowest BCUT2D eigenvalue weighted by atomic mass is 9.95. The lowest BCUT2D eigenvalue weighted by molar-refractivity contribution is -0.134. The molecule has 2 heterocycles. The second-order valence-electron chi connectivity index (χ2n) is 5.22. The van der Waals surface area contributed by atoms with Crippen LogP contribution in [0.5, 0.6) is 0 Å². The molecule has 1 N–H and O–H groups in total. The van der Waals surface area contributed by atoms with Gasteiger partial charge in [-0.15, -0.1) is 0 Å². The van der Waals surface area contributed by atoms with E-state index in [0.29, 0.717) is 6.42 Å². The fourth-order valence-corrected chi connectivity index (χ4v) is 2.89. The molecule has 0 saturated carbocycles. The minimum atomic E-state index is 0.161. The minimum Gasteiger partial charge on any atom is -0.348 e. The predicted molar refractivity (Wildman–Crippen MR) is 77.0 cm³/mol. The van der Waals surface area contributed by atoms with E-state index in [0.717, 1.165) is 25.2 Å². The number of hydrogen-bond donors (Lipinski definition) is 1. The Balaban J connectivity index is 1.77. The summed E-state index contributed by atoms with van der Waals surface area (Å²) in [6.07, 6.45) is 7.13. The van der Waals surface area contributed by atoms with E-state index >= 15 is 0 Å². The summed E-state index contributed by atoms with van der Waals surface area (Å²) in [4.78, 5) is 21.7. The van der Waals surface area contributed by atoms with Gasteiger partial charge in [-0.3, -0.25) is 4.79 Å². The Kier molecular flexibility index (Phi) is 3.81. The Hall–Kier alpha value is -2.10. The van der Waals surface area contributed by atoms with Gasteiger partial charge >= 0.3 is 0 Å². The molecule has 104 valence electrons. The second kappa shape index (κ2) is 5.90. The first-order valence-corrected chi connectivity index (χ1v) is 7.17. The topological polar surface area (TPSA) is 49.0 Å². The van der Waals surface area contributed by atoms with E-state index in [1.54, 1.807) is 12.4 Å². The molecular weight excluding hydrogens is 250 g/mol. The molecule has 3 rings (SSSR count). The SMILES string of the molecule is O=C(Cc1ncc[nH]1)N1CCCCC1c1ccccc1. The average molecular weight is 269 g/mol. The third kappa shape index (κ3) is 2.74. The maximum Gasteiger partial charge on any atom is 0.230 e. The third-order valence-corrected chi connectivity index (χ3v) is 3.88. The first kappa shape index (κ1) is 12.9. The number of piperidine rings is 1. The van der Waals surface area contributed by atoms with E-state index in [1.165, 1.54) is 12.0 Å². The van der Waals surface area contributed by atoms with E-state index in [9.17, 15) is 4.79 Å². The minimum absolute atomic E-state index is 0.161. The van der Waals surface area contributed by atoms with Crippen LogP contribution >= 0.6 is 0 Å². The highest BCUT2D eigenvalue weighted by atomic mass is 16.2. The van der Waals surface area contributed by atoms with E-state index in [2.05, 4.69) is 22.1 Å². The first-order chi connectivity index (χ1) is 9.84. The molecule has 0 radical (unpaired) electrons. The van der Waals surface area contributed by atoms with E-state index in [-0.39, 0.29) is 11.9 Å². The molecule has 1 aromatic heterocycles. The van der Waals surface area contributed by atoms with Crippen molar-refractivity contribution in [3.05, 3.63) is 54.1 Å². The molecule has 1 amide bonds. The van der Waals surface area contributed by atoms with Gasteiger partial charge < -0.3 is 9.88 Å². The molecule has 2 aromatic rings. The summed E-state index contributed by atoms with van der Waals surface area (Å²) in [6, 6.07) is 10.5. The fourth-order valence-electron chi connectivity index (χ4n) is 2.89. The van der Waals surface area contributed by atoms with E-state index in [4.69, 9.17) is 0 Å². The second-order valence-corrected chi connectivity index (χ2v) is 5.22. The normalized spacial score (nSPS) is 19.0. The molecule has 4 heteroatoms. The van der Waals surface area contributed by atoms with Gasteiger partial charge in [-0.25, -0.2) is 4.98 Å². The standard InChI is InChI=1S/C16H19N3O/c20-16(12-15-17-9-10-18-15)19-11-5-4-8-14(19)13-6-2-1-3-7-13/h1-3,6-7,9-10,14H,4-5,8,11-12H2,(H,17,18). The highest BCUT2D eigenvalue weighted by Crippen LogP contribution is 2.31. The van der Waals surface area contributed by atoms with Crippen LogP contribution in [0.3, 0.4) is 0 Å². The van der Waals surface area contributed by atoms with Gasteiger partial charge in [-0.2, -0.15) is 0 Å². The lowest BCUT2D eigenvalue weighted by Gasteiger charge is -2.36. The van der Waals surface area contributed by atoms with Crippen LogP contribution in [0.2, 0.25) is 0 Å². The Morgan fingerprint density at radius 3 is 2.90 bits per heavy atom. The van der Waals surface area contributed by atoms with Crippen LogP contribution in [0, 0.1) is 0 Å². The van der Waals surface area contributed by atoms with Crippen LogP contribution < -0.4 is 0 Å². The summed E-state index contributed by atoms with van der Waals surface area (Å²) >= 11 is 0. The van der Waals surface area contributed by atoms with Gasteiger partial charge in [-0.05, 0) is 24.8 Å². The van der Waals surface area contributed by atoms with Crippen molar-refractivity contribution in [2.45, 2.75) is 31.7 Å². The first-order valence-electron chi connectivity index (χ1n) is 7.17. The maximum atomic E-state index is 12.5. The van der Waals surface area contributed by atoms with E-state index < -0.39 is 0 Å². The summed E-state index contributed by atoms with van der Waals surface area (Å²) in [6.45, 7) is 0.846. The van der Waals surface area contributed by atoms with Crippen molar-refractivity contribution in [3.8, 4) is 0 Å². The molecule has 1 atom stereocenters. The summed E-state index contributed by atoms with van der Waals surface area (Å²) in [5.41, 5.74) is 1.24. The van der Waals surface area contributed by atoms with Crippen molar-refractivity contribution in [2.75, 3.05) is 6.54 Å². The van der Waals surface area contributed by atoms with Gasteiger partial charge in [0.2, 0.25) is 5.91 Å². The van der Waals surface area contributed by atoms with Gasteiger partial charge in [-0.1, -0.05) is 30.3 Å². The number of carbonyl (C=O) groups is 1. The van der Waals surface area contributed by atoms with Gasteiger partial charge in [0, 0.05) is 18.9 Å². The molecule has 0 spiro atoms. The number of aromatic nitrogens is 2. The number of benzene rings is 1. The molecule has 1 aliphatic rings. The van der Waals surface area contributed by atoms with Gasteiger partial charge in [0.15, 0.2) is 0 Å². The van der Waals surface area contributed by atoms with Crippen LogP contribution in [0.4, 0.5) is 0 Å². The molecule has 0 aliphatic carbocycles. The summed E-state index contributed by atoms with van der Waals surface area (Å²) in [5, 5.41) is 0. The molecule has 20 heavy (non-hydrogen) atoms. The van der Waals surface area contributed by atoms with Gasteiger partial charge in [0.1, 0.15) is 5.82 Å². The molecule has 4 nitrogen and oxygen atoms in total.